The van der Waals surface area contributed by atoms with Gasteiger partial charge in [-0.1, -0.05) is 39.0 Å². The molecule has 0 saturated carbocycles. The average Bonchev–Trinajstić information content (AvgIpc) is 2.46. The molecule has 0 bridgehead atoms. The topological polar surface area (TPSA) is 47.3 Å². The Labute approximate surface area is 135 Å². The molecule has 0 spiro atoms. The Kier molecular flexibility index (Phi) is 3.55. The molecular weight excluding hydrogens is 286 g/mol. The van der Waals surface area contributed by atoms with Gasteiger partial charge in [0.1, 0.15) is 5.82 Å². The monoisotopic (exact) mass is 307 g/mol. The minimum atomic E-state index is -0.284. The quantitative estimate of drug-likeness (QED) is 0.689. The van der Waals surface area contributed by atoms with Crippen molar-refractivity contribution in [2.45, 2.75) is 40.0 Å². The smallest absolute Gasteiger partial charge is 0.251 e. The minimum absolute atomic E-state index is 0.276. The van der Waals surface area contributed by atoms with Gasteiger partial charge in [-0.15, -0.1) is 0 Å². The molecule has 0 radical (unpaired) electrons. The van der Waals surface area contributed by atoms with Crippen molar-refractivity contribution in [2.75, 3.05) is 0 Å². The lowest BCUT2D eigenvalue weighted by atomic mass is 9.95. The molecule has 23 heavy (non-hydrogen) atoms. The largest absolute Gasteiger partial charge is 0.355 e. The Bertz CT molecular complexity index is 929. The molecule has 0 amide bonds. The zero-order chi connectivity index (χ0) is 16.8. The maximum absolute atomic E-state index is 12.4. The molecule has 2 aromatic heterocycles. The number of pyridine rings is 1. The number of rotatable bonds is 1. The lowest BCUT2D eigenvalue weighted by molar-refractivity contribution is 0.539. The van der Waals surface area contributed by atoms with Gasteiger partial charge in [0, 0.05) is 17.2 Å². The van der Waals surface area contributed by atoms with Crippen molar-refractivity contribution in [2.24, 2.45) is 0 Å². The van der Waals surface area contributed by atoms with Gasteiger partial charge in [0.15, 0.2) is 5.65 Å². The number of benzene rings is 1. The third kappa shape index (κ3) is 2.65. The molecule has 0 fully saturated rings. The number of hydrogen-bond acceptors (Lipinski definition) is 3. The number of aryl methyl sites for hydroxylation is 2. The van der Waals surface area contributed by atoms with Gasteiger partial charge in [0.2, 0.25) is 0 Å². The highest BCUT2D eigenvalue weighted by Crippen LogP contribution is 2.30. The van der Waals surface area contributed by atoms with Crippen molar-refractivity contribution < 1.29 is 0 Å². The van der Waals surface area contributed by atoms with Crippen LogP contribution in [0.3, 0.4) is 0 Å². The number of aromatic nitrogens is 3. The van der Waals surface area contributed by atoms with Crippen LogP contribution in [0.25, 0.3) is 16.8 Å². The van der Waals surface area contributed by atoms with E-state index in [4.69, 9.17) is 4.98 Å². The highest BCUT2D eigenvalue weighted by Gasteiger charge is 2.20. The van der Waals surface area contributed by atoms with Crippen LogP contribution in [0.2, 0.25) is 0 Å². The molecule has 0 unspecified atom stereocenters. The van der Waals surface area contributed by atoms with E-state index in [2.05, 4.69) is 31.0 Å². The SMILES string of the molecule is Cc1cccc(C)c1-c1cccn2c(=O)nc(C(C)(C)C)nc12. The molecule has 3 rings (SSSR count). The van der Waals surface area contributed by atoms with Crippen molar-refractivity contribution in [3.05, 3.63) is 64.0 Å². The summed E-state index contributed by atoms with van der Waals surface area (Å²) < 4.78 is 1.52. The second kappa shape index (κ2) is 5.30. The van der Waals surface area contributed by atoms with Gasteiger partial charge in [-0.2, -0.15) is 4.98 Å². The van der Waals surface area contributed by atoms with Crippen molar-refractivity contribution >= 4 is 5.65 Å². The Morgan fingerprint density at radius 3 is 2.22 bits per heavy atom. The van der Waals surface area contributed by atoms with E-state index in [0.29, 0.717) is 11.5 Å². The minimum Gasteiger partial charge on any atom is -0.251 e. The van der Waals surface area contributed by atoms with Crippen LogP contribution in [-0.2, 0) is 5.41 Å². The van der Waals surface area contributed by atoms with E-state index in [1.807, 2.05) is 39.0 Å². The van der Waals surface area contributed by atoms with Gasteiger partial charge >= 0.3 is 5.69 Å². The van der Waals surface area contributed by atoms with Gasteiger partial charge in [0.25, 0.3) is 0 Å². The van der Waals surface area contributed by atoms with Gasteiger partial charge in [0.05, 0.1) is 0 Å². The van der Waals surface area contributed by atoms with Crippen LogP contribution >= 0.6 is 0 Å². The number of hydrogen-bond donors (Lipinski definition) is 0. The Morgan fingerprint density at radius 2 is 1.61 bits per heavy atom. The third-order valence-electron chi connectivity index (χ3n) is 4.01. The van der Waals surface area contributed by atoms with Gasteiger partial charge < -0.3 is 0 Å². The first kappa shape index (κ1) is 15.4. The summed E-state index contributed by atoms with van der Waals surface area (Å²) in [7, 11) is 0. The van der Waals surface area contributed by atoms with Crippen LogP contribution in [0, 0.1) is 13.8 Å². The lowest BCUT2D eigenvalue weighted by Crippen LogP contribution is -2.27. The maximum Gasteiger partial charge on any atom is 0.355 e. The molecule has 3 aromatic rings. The summed E-state index contributed by atoms with van der Waals surface area (Å²) in [6.45, 7) is 10.2. The van der Waals surface area contributed by atoms with Crippen molar-refractivity contribution in [3.8, 4) is 11.1 Å². The molecule has 4 nitrogen and oxygen atoms in total. The van der Waals surface area contributed by atoms with Gasteiger partial charge in [-0.25, -0.2) is 9.78 Å². The predicted molar refractivity (Wildman–Crippen MR) is 92.9 cm³/mol. The van der Waals surface area contributed by atoms with E-state index in [-0.39, 0.29) is 11.1 Å². The van der Waals surface area contributed by atoms with E-state index in [1.54, 1.807) is 6.20 Å². The Hall–Kier alpha value is -2.49. The normalized spacial score (nSPS) is 11.9. The lowest BCUT2D eigenvalue weighted by Gasteiger charge is -2.18. The van der Waals surface area contributed by atoms with Crippen LogP contribution in [0.15, 0.2) is 41.3 Å². The number of nitrogens with zero attached hydrogens (tertiary/aromatic N) is 3. The second-order valence-electron chi connectivity index (χ2n) is 6.96. The van der Waals surface area contributed by atoms with Crippen molar-refractivity contribution in [1.82, 2.24) is 14.4 Å². The summed E-state index contributed by atoms with van der Waals surface area (Å²) in [5.41, 5.74) is 4.53. The van der Waals surface area contributed by atoms with Crippen molar-refractivity contribution in [1.29, 1.82) is 0 Å². The molecule has 0 saturated heterocycles. The van der Waals surface area contributed by atoms with Crippen LogP contribution in [0.1, 0.15) is 37.7 Å². The summed E-state index contributed by atoms with van der Waals surface area (Å²) in [5.74, 6) is 0.571. The van der Waals surface area contributed by atoms with Crippen LogP contribution in [-0.4, -0.2) is 14.4 Å². The molecule has 1 aromatic carbocycles. The summed E-state index contributed by atoms with van der Waals surface area (Å²) in [4.78, 5) is 21.3. The van der Waals surface area contributed by atoms with E-state index in [0.717, 1.165) is 11.1 Å². The number of fused-ring (bicyclic) bond motifs is 1. The second-order valence-corrected chi connectivity index (χ2v) is 6.96. The van der Waals surface area contributed by atoms with E-state index < -0.39 is 0 Å². The third-order valence-corrected chi connectivity index (χ3v) is 4.01. The molecule has 2 heterocycles. The standard InChI is InChI=1S/C19H21N3O/c1-12-8-6-9-13(2)15(12)14-10-7-11-22-16(14)20-17(19(3,4)5)21-18(22)23/h6-11H,1-5H3. The zero-order valence-corrected chi connectivity index (χ0v) is 14.2. The zero-order valence-electron chi connectivity index (χ0n) is 14.2. The first-order chi connectivity index (χ1) is 10.8. The molecule has 0 aliphatic carbocycles. The van der Waals surface area contributed by atoms with Gasteiger partial charge in [-0.3, -0.25) is 4.40 Å². The van der Waals surface area contributed by atoms with Gasteiger partial charge in [-0.05, 0) is 42.7 Å². The summed E-state index contributed by atoms with van der Waals surface area (Å²) in [6.07, 6.45) is 1.72. The van der Waals surface area contributed by atoms with Crippen molar-refractivity contribution in [3.63, 3.8) is 0 Å². The first-order valence-corrected chi connectivity index (χ1v) is 7.75. The van der Waals surface area contributed by atoms with Crippen LogP contribution in [0.4, 0.5) is 0 Å². The molecule has 0 N–H and O–H groups in total. The fourth-order valence-electron chi connectivity index (χ4n) is 2.81. The predicted octanol–water partition coefficient (Wildman–Crippen LogP) is 3.67. The molecule has 4 heteroatoms. The highest BCUT2D eigenvalue weighted by atomic mass is 16.1. The van der Waals surface area contributed by atoms with E-state index >= 15 is 0 Å². The molecule has 0 atom stereocenters. The average molecular weight is 307 g/mol. The Morgan fingerprint density at radius 1 is 0.957 bits per heavy atom. The van der Waals surface area contributed by atoms with E-state index in [9.17, 15) is 4.79 Å². The summed E-state index contributed by atoms with van der Waals surface area (Å²) in [6, 6.07) is 10.1. The highest BCUT2D eigenvalue weighted by molar-refractivity contribution is 5.81. The van der Waals surface area contributed by atoms with Crippen LogP contribution < -0.4 is 5.69 Å². The molecule has 0 aliphatic heterocycles. The maximum atomic E-state index is 12.4. The first-order valence-electron chi connectivity index (χ1n) is 7.75. The summed E-state index contributed by atoms with van der Waals surface area (Å²) in [5, 5.41) is 0. The van der Waals surface area contributed by atoms with Crippen LogP contribution in [0.5, 0.6) is 0 Å². The Balaban J connectivity index is 2.43. The fourth-order valence-corrected chi connectivity index (χ4v) is 2.81. The molecular formula is C19H21N3O. The fraction of sp³-hybridized carbons (Fsp3) is 0.316. The van der Waals surface area contributed by atoms with E-state index in [1.165, 1.54) is 15.5 Å². The molecule has 0 aliphatic rings. The summed E-state index contributed by atoms with van der Waals surface area (Å²) >= 11 is 0. The molecule has 118 valence electrons.